The quantitative estimate of drug-likeness (QED) is 0.869. The topological polar surface area (TPSA) is 72.2 Å². The first-order valence-corrected chi connectivity index (χ1v) is 9.28. The molecule has 0 aliphatic heterocycles. The van der Waals surface area contributed by atoms with Gasteiger partial charge >= 0.3 is 0 Å². The van der Waals surface area contributed by atoms with E-state index < -0.39 is 15.8 Å². The first-order valence-electron chi connectivity index (χ1n) is 6.51. The number of benzene rings is 1. The second-order valence-corrected chi connectivity index (χ2v) is 7.65. The molecular weight excluding hydrogens is 299 g/mol. The van der Waals surface area contributed by atoms with Crippen molar-refractivity contribution >= 4 is 21.8 Å². The molecule has 0 aromatic heterocycles. The molecule has 4 nitrogen and oxygen atoms in total. The molecule has 1 saturated carbocycles. The summed E-state index contributed by atoms with van der Waals surface area (Å²) in [5.74, 6) is -0.574. The van der Waals surface area contributed by atoms with Crippen LogP contribution in [0.25, 0.3) is 0 Å². The number of rotatable bonds is 5. The summed E-state index contributed by atoms with van der Waals surface area (Å²) in [6.45, 7) is 0.0626. The maximum absolute atomic E-state index is 13.3. The molecule has 0 radical (unpaired) electrons. The number of sulfonamides is 1. The molecule has 0 bridgehead atoms. The Hall–Kier alpha value is -0.630. The molecule has 7 heteroatoms. The lowest BCUT2D eigenvalue weighted by Crippen LogP contribution is -2.39. The van der Waals surface area contributed by atoms with E-state index in [1.54, 1.807) is 11.8 Å². The van der Waals surface area contributed by atoms with Gasteiger partial charge in [0.05, 0.1) is 4.90 Å². The summed E-state index contributed by atoms with van der Waals surface area (Å²) >= 11 is 1.66. The van der Waals surface area contributed by atoms with Crippen LogP contribution in [0.5, 0.6) is 0 Å². The Morgan fingerprint density at radius 3 is 2.85 bits per heavy atom. The fourth-order valence-corrected chi connectivity index (χ4v) is 5.15. The zero-order valence-electron chi connectivity index (χ0n) is 11.3. The van der Waals surface area contributed by atoms with E-state index in [2.05, 4.69) is 4.72 Å². The van der Waals surface area contributed by atoms with Crippen molar-refractivity contribution in [1.29, 1.82) is 0 Å². The second kappa shape index (κ2) is 6.43. The van der Waals surface area contributed by atoms with Crippen molar-refractivity contribution in [1.82, 2.24) is 4.72 Å². The average Bonchev–Trinajstić information content (AvgIpc) is 2.85. The van der Waals surface area contributed by atoms with Crippen LogP contribution in [0.3, 0.4) is 0 Å². The normalized spacial score (nSPS) is 23.1. The number of halogens is 1. The van der Waals surface area contributed by atoms with Crippen LogP contribution in [0.1, 0.15) is 24.8 Å². The van der Waals surface area contributed by atoms with Gasteiger partial charge in [0.15, 0.2) is 0 Å². The van der Waals surface area contributed by atoms with E-state index in [1.165, 1.54) is 12.1 Å². The van der Waals surface area contributed by atoms with Crippen molar-refractivity contribution in [3.8, 4) is 0 Å². The third-order valence-corrected chi connectivity index (χ3v) is 6.34. The van der Waals surface area contributed by atoms with Gasteiger partial charge in [-0.1, -0.05) is 12.5 Å². The highest BCUT2D eigenvalue weighted by molar-refractivity contribution is 7.99. The van der Waals surface area contributed by atoms with Crippen molar-refractivity contribution in [2.75, 3.05) is 6.26 Å². The molecule has 0 heterocycles. The highest BCUT2D eigenvalue weighted by atomic mass is 32.2. The monoisotopic (exact) mass is 318 g/mol. The third-order valence-electron chi connectivity index (χ3n) is 3.60. The Kier molecular flexibility index (Phi) is 5.06. The van der Waals surface area contributed by atoms with Gasteiger partial charge in [-0.3, -0.25) is 0 Å². The molecular formula is C13H19FN2O2S2. The van der Waals surface area contributed by atoms with Crippen LogP contribution in [0.15, 0.2) is 23.1 Å². The molecule has 1 aromatic rings. The maximum Gasteiger partial charge on any atom is 0.241 e. The molecule has 20 heavy (non-hydrogen) atoms. The molecule has 0 amide bonds. The van der Waals surface area contributed by atoms with Crippen LogP contribution in [-0.2, 0) is 16.6 Å². The number of nitrogens with one attached hydrogen (secondary N) is 1. The number of nitrogens with two attached hydrogens (primary N) is 1. The van der Waals surface area contributed by atoms with Crippen LogP contribution in [0.2, 0.25) is 0 Å². The summed E-state index contributed by atoms with van der Waals surface area (Å²) in [6, 6.07) is 3.59. The van der Waals surface area contributed by atoms with Gasteiger partial charge in [-0.15, -0.1) is 0 Å². The molecule has 1 aromatic carbocycles. The molecule has 2 atom stereocenters. The van der Waals surface area contributed by atoms with Crippen molar-refractivity contribution in [3.63, 3.8) is 0 Å². The second-order valence-electron chi connectivity index (χ2n) is 4.89. The Bertz CT molecular complexity index is 578. The Morgan fingerprint density at radius 2 is 2.20 bits per heavy atom. The fourth-order valence-electron chi connectivity index (χ4n) is 2.55. The summed E-state index contributed by atoms with van der Waals surface area (Å²) in [5, 5.41) is 0.277. The van der Waals surface area contributed by atoms with Gasteiger partial charge in [-0.05, 0) is 36.8 Å². The van der Waals surface area contributed by atoms with Gasteiger partial charge in [0.2, 0.25) is 10.0 Å². The zero-order valence-corrected chi connectivity index (χ0v) is 12.9. The highest BCUT2D eigenvalue weighted by Gasteiger charge is 2.31. The Balaban J connectivity index is 2.28. The Labute approximate surface area is 123 Å². The Morgan fingerprint density at radius 1 is 1.45 bits per heavy atom. The maximum atomic E-state index is 13.3. The van der Waals surface area contributed by atoms with E-state index in [4.69, 9.17) is 5.73 Å². The summed E-state index contributed by atoms with van der Waals surface area (Å²) in [7, 11) is -3.74. The van der Waals surface area contributed by atoms with Crippen LogP contribution >= 0.6 is 11.8 Å². The third kappa shape index (κ3) is 3.33. The zero-order chi connectivity index (χ0) is 14.8. The molecule has 1 fully saturated rings. The van der Waals surface area contributed by atoms with Gasteiger partial charge < -0.3 is 5.73 Å². The smallest absolute Gasteiger partial charge is 0.241 e. The fraction of sp³-hybridized carbons (Fsp3) is 0.538. The van der Waals surface area contributed by atoms with Gasteiger partial charge in [0, 0.05) is 17.8 Å². The van der Waals surface area contributed by atoms with E-state index in [9.17, 15) is 12.8 Å². The largest absolute Gasteiger partial charge is 0.326 e. The van der Waals surface area contributed by atoms with E-state index in [0.29, 0.717) is 5.56 Å². The van der Waals surface area contributed by atoms with Gasteiger partial charge in [-0.25, -0.2) is 17.5 Å². The minimum Gasteiger partial charge on any atom is -0.326 e. The summed E-state index contributed by atoms with van der Waals surface area (Å²) in [4.78, 5) is -0.0493. The summed E-state index contributed by atoms with van der Waals surface area (Å²) < 4.78 is 40.9. The molecule has 1 aliphatic rings. The van der Waals surface area contributed by atoms with Crippen molar-refractivity contribution in [3.05, 3.63) is 29.6 Å². The number of hydrogen-bond acceptors (Lipinski definition) is 4. The van der Waals surface area contributed by atoms with Gasteiger partial charge in [-0.2, -0.15) is 11.8 Å². The highest BCUT2D eigenvalue weighted by Crippen LogP contribution is 2.30. The standard InChI is InChI=1S/C13H19FN2O2S2/c1-19-12-4-2-3-11(12)16-20(17,18)13-7-10(14)6-5-9(13)8-15/h5-7,11-12,16H,2-4,8,15H2,1H3. The minimum atomic E-state index is -3.74. The van der Waals surface area contributed by atoms with E-state index in [0.717, 1.165) is 25.3 Å². The van der Waals surface area contributed by atoms with E-state index in [1.807, 2.05) is 6.26 Å². The molecule has 2 rings (SSSR count). The van der Waals surface area contributed by atoms with Crippen molar-refractivity contribution in [2.24, 2.45) is 5.73 Å². The molecule has 0 saturated heterocycles. The average molecular weight is 318 g/mol. The van der Waals surface area contributed by atoms with Crippen LogP contribution in [0, 0.1) is 5.82 Å². The number of thioether (sulfide) groups is 1. The SMILES string of the molecule is CSC1CCCC1NS(=O)(=O)c1cc(F)ccc1CN. The van der Waals surface area contributed by atoms with Crippen LogP contribution in [-0.4, -0.2) is 26.0 Å². The lowest BCUT2D eigenvalue weighted by atomic mass is 10.2. The molecule has 3 N–H and O–H groups in total. The summed E-state index contributed by atoms with van der Waals surface area (Å²) in [5.41, 5.74) is 5.97. The first-order chi connectivity index (χ1) is 9.47. The van der Waals surface area contributed by atoms with Gasteiger partial charge in [0.25, 0.3) is 0 Å². The molecule has 112 valence electrons. The van der Waals surface area contributed by atoms with Gasteiger partial charge in [0.1, 0.15) is 5.82 Å². The lowest BCUT2D eigenvalue weighted by molar-refractivity contribution is 0.551. The van der Waals surface area contributed by atoms with Crippen LogP contribution < -0.4 is 10.5 Å². The number of hydrogen-bond donors (Lipinski definition) is 2. The van der Waals surface area contributed by atoms with Crippen molar-refractivity contribution < 1.29 is 12.8 Å². The molecule has 0 spiro atoms. The predicted molar refractivity (Wildman–Crippen MR) is 79.6 cm³/mol. The minimum absolute atomic E-state index is 0.0493. The van der Waals surface area contributed by atoms with Crippen LogP contribution in [0.4, 0.5) is 4.39 Å². The molecule has 1 aliphatic carbocycles. The first kappa shape index (κ1) is 15.8. The van der Waals surface area contributed by atoms with E-state index >= 15 is 0 Å². The molecule has 2 unspecified atom stereocenters. The summed E-state index contributed by atoms with van der Waals surface area (Å²) in [6.07, 6.45) is 4.80. The van der Waals surface area contributed by atoms with E-state index in [-0.39, 0.29) is 22.7 Å². The van der Waals surface area contributed by atoms with Crippen molar-refractivity contribution in [2.45, 2.75) is 42.0 Å². The predicted octanol–water partition coefficient (Wildman–Crippen LogP) is 1.85. The lowest BCUT2D eigenvalue weighted by Gasteiger charge is -2.20.